The molecular formula is C12H19NO2. The molecule has 0 radical (unpaired) electrons. The third kappa shape index (κ3) is 2.94. The Bertz CT molecular complexity index is 301. The van der Waals surface area contributed by atoms with Gasteiger partial charge in [0.25, 0.3) is 0 Å². The van der Waals surface area contributed by atoms with Crippen molar-refractivity contribution < 1.29 is 9.84 Å². The topological polar surface area (TPSA) is 55.5 Å². The lowest BCUT2D eigenvalue weighted by atomic mass is 10.0. The molecule has 0 saturated heterocycles. The zero-order valence-corrected chi connectivity index (χ0v) is 9.31. The number of hydrogen-bond donors (Lipinski definition) is 2. The molecule has 0 aliphatic heterocycles. The second-order valence-corrected chi connectivity index (χ2v) is 3.49. The van der Waals surface area contributed by atoms with Crippen LogP contribution in [0.2, 0.25) is 0 Å². The van der Waals surface area contributed by atoms with Crippen LogP contribution in [0.15, 0.2) is 24.3 Å². The van der Waals surface area contributed by atoms with Crippen LogP contribution in [0.4, 0.5) is 0 Å². The SMILES string of the molecule is CCOc1ccccc1C(O)C(N)CC. The molecule has 0 bridgehead atoms. The summed E-state index contributed by atoms with van der Waals surface area (Å²) in [7, 11) is 0. The average Bonchev–Trinajstić information content (AvgIpc) is 2.28. The summed E-state index contributed by atoms with van der Waals surface area (Å²) < 4.78 is 5.44. The van der Waals surface area contributed by atoms with Crippen molar-refractivity contribution >= 4 is 0 Å². The molecule has 0 aromatic heterocycles. The van der Waals surface area contributed by atoms with E-state index in [1.807, 2.05) is 38.1 Å². The molecule has 3 heteroatoms. The molecule has 0 aliphatic rings. The van der Waals surface area contributed by atoms with Crippen molar-refractivity contribution in [3.63, 3.8) is 0 Å². The van der Waals surface area contributed by atoms with Gasteiger partial charge in [-0.1, -0.05) is 25.1 Å². The Hall–Kier alpha value is -1.06. The number of para-hydroxylation sites is 1. The van der Waals surface area contributed by atoms with Crippen LogP contribution in [0.25, 0.3) is 0 Å². The van der Waals surface area contributed by atoms with Gasteiger partial charge >= 0.3 is 0 Å². The maximum Gasteiger partial charge on any atom is 0.125 e. The molecular weight excluding hydrogens is 190 g/mol. The number of hydrogen-bond acceptors (Lipinski definition) is 3. The highest BCUT2D eigenvalue weighted by Crippen LogP contribution is 2.27. The summed E-state index contributed by atoms with van der Waals surface area (Å²) in [5, 5.41) is 9.99. The van der Waals surface area contributed by atoms with Crippen molar-refractivity contribution in [1.82, 2.24) is 0 Å². The fourth-order valence-electron chi connectivity index (χ4n) is 1.47. The van der Waals surface area contributed by atoms with Gasteiger partial charge in [-0.2, -0.15) is 0 Å². The van der Waals surface area contributed by atoms with Crippen LogP contribution in [0.5, 0.6) is 5.75 Å². The standard InChI is InChI=1S/C12H19NO2/c1-3-10(13)12(14)9-7-5-6-8-11(9)15-4-2/h5-8,10,12,14H,3-4,13H2,1-2H3. The highest BCUT2D eigenvalue weighted by Gasteiger charge is 2.18. The second-order valence-electron chi connectivity index (χ2n) is 3.49. The van der Waals surface area contributed by atoms with Gasteiger partial charge in [0.1, 0.15) is 5.75 Å². The molecule has 1 rings (SSSR count). The number of benzene rings is 1. The normalized spacial score (nSPS) is 14.7. The Morgan fingerprint density at radius 2 is 2.00 bits per heavy atom. The summed E-state index contributed by atoms with van der Waals surface area (Å²) in [6.45, 7) is 4.46. The van der Waals surface area contributed by atoms with E-state index in [4.69, 9.17) is 10.5 Å². The third-order valence-corrected chi connectivity index (χ3v) is 2.41. The molecule has 2 unspecified atom stereocenters. The van der Waals surface area contributed by atoms with Crippen LogP contribution in [-0.2, 0) is 0 Å². The van der Waals surface area contributed by atoms with Crippen molar-refractivity contribution in [2.45, 2.75) is 32.4 Å². The number of rotatable bonds is 5. The first-order valence-electron chi connectivity index (χ1n) is 5.36. The molecule has 0 spiro atoms. The van der Waals surface area contributed by atoms with Crippen molar-refractivity contribution in [2.24, 2.45) is 5.73 Å². The minimum atomic E-state index is -0.655. The number of ether oxygens (including phenoxy) is 1. The highest BCUT2D eigenvalue weighted by atomic mass is 16.5. The first-order valence-corrected chi connectivity index (χ1v) is 5.36. The third-order valence-electron chi connectivity index (χ3n) is 2.41. The van der Waals surface area contributed by atoms with Crippen LogP contribution in [0.3, 0.4) is 0 Å². The van der Waals surface area contributed by atoms with E-state index in [-0.39, 0.29) is 6.04 Å². The lowest BCUT2D eigenvalue weighted by molar-refractivity contribution is 0.139. The summed E-state index contributed by atoms with van der Waals surface area (Å²) in [6.07, 6.45) is 0.0829. The monoisotopic (exact) mass is 209 g/mol. The van der Waals surface area contributed by atoms with Gasteiger partial charge in [-0.25, -0.2) is 0 Å². The molecule has 84 valence electrons. The molecule has 0 heterocycles. The van der Waals surface area contributed by atoms with Crippen molar-refractivity contribution in [3.05, 3.63) is 29.8 Å². The van der Waals surface area contributed by atoms with E-state index in [2.05, 4.69) is 0 Å². The smallest absolute Gasteiger partial charge is 0.125 e. The predicted octanol–water partition coefficient (Wildman–Crippen LogP) is 1.86. The first kappa shape index (κ1) is 12.0. The van der Waals surface area contributed by atoms with Crippen LogP contribution in [-0.4, -0.2) is 17.8 Å². The second kappa shape index (κ2) is 5.73. The quantitative estimate of drug-likeness (QED) is 0.778. The Kier molecular flexibility index (Phi) is 4.59. The van der Waals surface area contributed by atoms with E-state index in [9.17, 15) is 5.11 Å². The minimum Gasteiger partial charge on any atom is -0.493 e. The largest absolute Gasteiger partial charge is 0.493 e. The maximum atomic E-state index is 9.99. The van der Waals surface area contributed by atoms with Gasteiger partial charge in [-0.3, -0.25) is 0 Å². The van der Waals surface area contributed by atoms with E-state index in [0.717, 1.165) is 17.7 Å². The predicted molar refractivity (Wildman–Crippen MR) is 60.8 cm³/mol. The van der Waals surface area contributed by atoms with Gasteiger partial charge in [0.2, 0.25) is 0 Å². The zero-order chi connectivity index (χ0) is 11.3. The van der Waals surface area contributed by atoms with Gasteiger partial charge in [-0.05, 0) is 19.4 Å². The summed E-state index contributed by atoms with van der Waals surface area (Å²) >= 11 is 0. The molecule has 15 heavy (non-hydrogen) atoms. The van der Waals surface area contributed by atoms with E-state index in [0.29, 0.717) is 6.61 Å². The lowest BCUT2D eigenvalue weighted by Crippen LogP contribution is -2.27. The molecule has 1 aromatic rings. The fourth-order valence-corrected chi connectivity index (χ4v) is 1.47. The molecule has 0 amide bonds. The molecule has 0 saturated carbocycles. The van der Waals surface area contributed by atoms with E-state index in [1.165, 1.54) is 0 Å². The van der Waals surface area contributed by atoms with Crippen LogP contribution in [0.1, 0.15) is 31.9 Å². The molecule has 3 nitrogen and oxygen atoms in total. The molecule has 0 fully saturated rings. The highest BCUT2D eigenvalue weighted by molar-refractivity contribution is 5.35. The summed E-state index contributed by atoms with van der Waals surface area (Å²) in [6, 6.07) is 7.23. The Labute approximate surface area is 90.9 Å². The van der Waals surface area contributed by atoms with E-state index >= 15 is 0 Å². The Morgan fingerprint density at radius 1 is 1.33 bits per heavy atom. The minimum absolute atomic E-state index is 0.244. The summed E-state index contributed by atoms with van der Waals surface area (Å²) in [5.41, 5.74) is 6.58. The van der Waals surface area contributed by atoms with Gasteiger partial charge in [0.05, 0.1) is 12.7 Å². The number of aliphatic hydroxyl groups excluding tert-OH is 1. The molecule has 2 atom stereocenters. The van der Waals surface area contributed by atoms with Crippen LogP contribution in [0, 0.1) is 0 Å². The van der Waals surface area contributed by atoms with E-state index < -0.39 is 6.10 Å². The Balaban J connectivity index is 2.91. The van der Waals surface area contributed by atoms with Gasteiger partial charge in [0.15, 0.2) is 0 Å². The van der Waals surface area contributed by atoms with Crippen LogP contribution >= 0.6 is 0 Å². The summed E-state index contributed by atoms with van der Waals surface area (Å²) in [5.74, 6) is 0.719. The van der Waals surface area contributed by atoms with Crippen molar-refractivity contribution in [3.8, 4) is 5.75 Å². The Morgan fingerprint density at radius 3 is 2.60 bits per heavy atom. The lowest BCUT2D eigenvalue weighted by Gasteiger charge is -2.20. The van der Waals surface area contributed by atoms with Gasteiger partial charge < -0.3 is 15.6 Å². The molecule has 3 N–H and O–H groups in total. The fraction of sp³-hybridized carbons (Fsp3) is 0.500. The molecule has 1 aromatic carbocycles. The molecule has 0 aliphatic carbocycles. The van der Waals surface area contributed by atoms with Gasteiger partial charge in [0, 0.05) is 11.6 Å². The van der Waals surface area contributed by atoms with Crippen molar-refractivity contribution in [1.29, 1.82) is 0 Å². The average molecular weight is 209 g/mol. The van der Waals surface area contributed by atoms with Crippen molar-refractivity contribution in [2.75, 3.05) is 6.61 Å². The van der Waals surface area contributed by atoms with Crippen LogP contribution < -0.4 is 10.5 Å². The van der Waals surface area contributed by atoms with Gasteiger partial charge in [-0.15, -0.1) is 0 Å². The van der Waals surface area contributed by atoms with E-state index in [1.54, 1.807) is 0 Å². The maximum absolute atomic E-state index is 9.99. The number of aliphatic hydroxyl groups is 1. The first-order chi connectivity index (χ1) is 7.20. The number of nitrogens with two attached hydrogens (primary N) is 1. The zero-order valence-electron chi connectivity index (χ0n) is 9.31. The summed E-state index contributed by atoms with van der Waals surface area (Å²) in [4.78, 5) is 0.